The molecule has 0 atom stereocenters. The van der Waals surface area contributed by atoms with Gasteiger partial charge in [-0.1, -0.05) is 35.9 Å². The second-order valence-electron chi connectivity index (χ2n) is 7.92. The Balaban J connectivity index is 1.44. The van der Waals surface area contributed by atoms with E-state index in [0.717, 1.165) is 59.0 Å². The molecule has 0 spiro atoms. The Morgan fingerprint density at radius 1 is 1.15 bits per heavy atom. The van der Waals surface area contributed by atoms with Crippen LogP contribution in [0.2, 0.25) is 5.02 Å². The van der Waals surface area contributed by atoms with Gasteiger partial charge in [0.05, 0.1) is 11.6 Å². The molecule has 0 aromatic heterocycles. The SMILES string of the molecule is CN(CCc1ccc(C2=NCCN2)cc1)C(=O)CCCN(C)S(=O)(=O)c1ccc(F)cc1Cl. The first-order chi connectivity index (χ1) is 15.7. The first-order valence-electron chi connectivity index (χ1n) is 10.7. The first-order valence-corrected chi connectivity index (χ1v) is 12.5. The van der Waals surface area contributed by atoms with Crippen LogP contribution in [0.3, 0.4) is 0 Å². The minimum Gasteiger partial charge on any atom is -0.368 e. The van der Waals surface area contributed by atoms with Crippen LogP contribution in [0, 0.1) is 5.82 Å². The molecule has 2 aromatic carbocycles. The van der Waals surface area contributed by atoms with Crippen molar-refractivity contribution in [3.8, 4) is 0 Å². The summed E-state index contributed by atoms with van der Waals surface area (Å²) in [4.78, 5) is 18.4. The summed E-state index contributed by atoms with van der Waals surface area (Å²) in [5, 5.41) is 3.07. The Morgan fingerprint density at radius 3 is 2.52 bits per heavy atom. The largest absolute Gasteiger partial charge is 0.368 e. The van der Waals surface area contributed by atoms with Gasteiger partial charge in [0.2, 0.25) is 15.9 Å². The molecule has 33 heavy (non-hydrogen) atoms. The zero-order valence-corrected chi connectivity index (χ0v) is 20.3. The molecule has 1 amide bonds. The summed E-state index contributed by atoms with van der Waals surface area (Å²) >= 11 is 5.90. The van der Waals surface area contributed by atoms with E-state index >= 15 is 0 Å². The van der Waals surface area contributed by atoms with E-state index in [1.807, 2.05) is 24.3 Å². The average molecular weight is 495 g/mol. The Hall–Kier alpha value is -2.49. The lowest BCUT2D eigenvalue weighted by atomic mass is 10.1. The summed E-state index contributed by atoms with van der Waals surface area (Å²) in [6, 6.07) is 11.3. The maximum Gasteiger partial charge on any atom is 0.244 e. The number of carbonyl (C=O) groups excluding carboxylic acids is 1. The molecule has 0 saturated carbocycles. The molecule has 1 aliphatic heterocycles. The van der Waals surface area contributed by atoms with Crippen LogP contribution in [0.5, 0.6) is 0 Å². The third-order valence-electron chi connectivity index (χ3n) is 5.51. The van der Waals surface area contributed by atoms with Gasteiger partial charge in [0.1, 0.15) is 16.5 Å². The van der Waals surface area contributed by atoms with Crippen molar-refractivity contribution < 1.29 is 17.6 Å². The van der Waals surface area contributed by atoms with E-state index < -0.39 is 15.8 Å². The van der Waals surface area contributed by atoms with Crippen molar-refractivity contribution in [2.75, 3.05) is 40.3 Å². The Bertz CT molecular complexity index is 1120. The number of sulfonamides is 1. The monoisotopic (exact) mass is 494 g/mol. The van der Waals surface area contributed by atoms with E-state index in [0.29, 0.717) is 13.0 Å². The van der Waals surface area contributed by atoms with Gasteiger partial charge < -0.3 is 10.2 Å². The van der Waals surface area contributed by atoms with Crippen molar-refractivity contribution >= 4 is 33.4 Å². The zero-order valence-electron chi connectivity index (χ0n) is 18.7. The van der Waals surface area contributed by atoms with E-state index in [2.05, 4.69) is 10.3 Å². The number of amidine groups is 1. The smallest absolute Gasteiger partial charge is 0.244 e. The lowest BCUT2D eigenvalue weighted by Crippen LogP contribution is -2.31. The highest BCUT2D eigenvalue weighted by molar-refractivity contribution is 7.89. The summed E-state index contributed by atoms with van der Waals surface area (Å²) in [7, 11) is -0.705. The fourth-order valence-corrected chi connectivity index (χ4v) is 5.17. The standard InChI is InChI=1S/C23H28ClFN4O3S/c1-28(15-11-17-5-7-18(8-6-17)23-26-12-13-27-23)22(30)4-3-14-29(2)33(31,32)21-10-9-19(25)16-20(21)24/h5-10,16H,3-4,11-15H2,1-2H3,(H,26,27). The van der Waals surface area contributed by atoms with Crippen molar-refractivity contribution in [1.82, 2.24) is 14.5 Å². The van der Waals surface area contributed by atoms with Crippen LogP contribution < -0.4 is 5.32 Å². The van der Waals surface area contributed by atoms with Crippen molar-refractivity contribution in [1.29, 1.82) is 0 Å². The number of likely N-dealkylation sites (N-methyl/N-ethyl adjacent to an activating group) is 1. The number of nitrogens with one attached hydrogen (secondary N) is 1. The number of nitrogens with zero attached hydrogens (tertiary/aromatic N) is 3. The number of halogens is 2. The van der Waals surface area contributed by atoms with Gasteiger partial charge in [-0.25, -0.2) is 17.1 Å². The molecule has 3 rings (SSSR count). The third kappa shape index (κ3) is 6.52. The quantitative estimate of drug-likeness (QED) is 0.550. The van der Waals surface area contributed by atoms with E-state index in [1.54, 1.807) is 11.9 Å². The molecule has 2 aromatic rings. The normalized spacial score (nSPS) is 13.7. The number of benzene rings is 2. The number of hydrogen-bond donors (Lipinski definition) is 1. The predicted octanol–water partition coefficient (Wildman–Crippen LogP) is 2.93. The maximum absolute atomic E-state index is 13.2. The second kappa shape index (κ2) is 11.1. The Labute approximate surface area is 199 Å². The number of hydrogen-bond acceptors (Lipinski definition) is 5. The molecule has 1 aliphatic rings. The number of aliphatic imine (C=N–C) groups is 1. The molecular formula is C23H28ClFN4O3S. The highest BCUT2D eigenvalue weighted by atomic mass is 35.5. The third-order valence-corrected chi connectivity index (χ3v) is 7.85. The van der Waals surface area contributed by atoms with Crippen LogP contribution in [-0.2, 0) is 21.2 Å². The minimum atomic E-state index is -3.86. The van der Waals surface area contributed by atoms with Gasteiger partial charge in [-0.2, -0.15) is 0 Å². The van der Waals surface area contributed by atoms with Gasteiger partial charge in [0.25, 0.3) is 0 Å². The van der Waals surface area contributed by atoms with Crippen molar-refractivity contribution in [2.45, 2.75) is 24.2 Å². The summed E-state index contributed by atoms with van der Waals surface area (Å²) in [5.41, 5.74) is 2.18. The Kier molecular flexibility index (Phi) is 8.45. The van der Waals surface area contributed by atoms with Gasteiger partial charge >= 0.3 is 0 Å². The van der Waals surface area contributed by atoms with Gasteiger partial charge in [-0.15, -0.1) is 0 Å². The van der Waals surface area contributed by atoms with Crippen LogP contribution in [0.15, 0.2) is 52.4 Å². The maximum atomic E-state index is 13.2. The Morgan fingerprint density at radius 2 is 1.88 bits per heavy atom. The van der Waals surface area contributed by atoms with E-state index in [9.17, 15) is 17.6 Å². The highest BCUT2D eigenvalue weighted by Gasteiger charge is 2.24. The molecule has 10 heteroatoms. The van der Waals surface area contributed by atoms with E-state index in [-0.39, 0.29) is 28.8 Å². The average Bonchev–Trinajstić information content (AvgIpc) is 3.32. The van der Waals surface area contributed by atoms with Gasteiger partial charge in [0, 0.05) is 45.7 Å². The lowest BCUT2D eigenvalue weighted by molar-refractivity contribution is -0.130. The molecule has 0 aliphatic carbocycles. The zero-order chi connectivity index (χ0) is 24.0. The predicted molar refractivity (Wildman–Crippen MR) is 128 cm³/mol. The highest BCUT2D eigenvalue weighted by Crippen LogP contribution is 2.25. The molecule has 0 bridgehead atoms. The second-order valence-corrected chi connectivity index (χ2v) is 10.3. The van der Waals surface area contributed by atoms with E-state index in [1.165, 1.54) is 7.05 Å². The summed E-state index contributed by atoms with van der Waals surface area (Å²) < 4.78 is 39.7. The van der Waals surface area contributed by atoms with E-state index in [4.69, 9.17) is 11.6 Å². The summed E-state index contributed by atoms with van der Waals surface area (Å²) in [5.74, 6) is 0.260. The summed E-state index contributed by atoms with van der Waals surface area (Å²) in [6.07, 6.45) is 1.30. The van der Waals surface area contributed by atoms with Gasteiger partial charge in [-0.05, 0) is 36.6 Å². The van der Waals surface area contributed by atoms with Crippen molar-refractivity contribution in [3.63, 3.8) is 0 Å². The molecule has 0 fully saturated rings. The fourth-order valence-electron chi connectivity index (χ4n) is 3.46. The molecule has 1 N–H and O–H groups in total. The van der Waals surface area contributed by atoms with Crippen LogP contribution in [0.25, 0.3) is 0 Å². The lowest BCUT2D eigenvalue weighted by Gasteiger charge is -2.20. The molecule has 0 unspecified atom stereocenters. The molecule has 0 radical (unpaired) electrons. The van der Waals surface area contributed by atoms with Gasteiger partial charge in [0.15, 0.2) is 0 Å². The molecule has 0 saturated heterocycles. The van der Waals surface area contributed by atoms with Crippen molar-refractivity contribution in [3.05, 3.63) is 64.4 Å². The summed E-state index contributed by atoms with van der Waals surface area (Å²) in [6.45, 7) is 2.38. The van der Waals surface area contributed by atoms with Crippen LogP contribution in [-0.4, -0.2) is 69.6 Å². The fraction of sp³-hybridized carbons (Fsp3) is 0.391. The number of rotatable bonds is 10. The number of carbonyl (C=O) groups is 1. The van der Waals surface area contributed by atoms with Crippen LogP contribution >= 0.6 is 11.6 Å². The minimum absolute atomic E-state index is 0.0539. The molecule has 1 heterocycles. The first kappa shape index (κ1) is 25.1. The number of amides is 1. The molecule has 178 valence electrons. The van der Waals surface area contributed by atoms with Crippen LogP contribution in [0.1, 0.15) is 24.0 Å². The van der Waals surface area contributed by atoms with Crippen molar-refractivity contribution in [2.24, 2.45) is 4.99 Å². The topological polar surface area (TPSA) is 82.1 Å². The molecular weight excluding hydrogens is 467 g/mol. The van der Waals surface area contributed by atoms with Gasteiger partial charge in [-0.3, -0.25) is 9.79 Å². The van der Waals surface area contributed by atoms with Crippen LogP contribution in [0.4, 0.5) is 4.39 Å². The molecule has 7 nitrogen and oxygen atoms in total.